The fourth-order valence-electron chi connectivity index (χ4n) is 2.56. The molecule has 112 valence electrons. The van der Waals surface area contributed by atoms with Crippen molar-refractivity contribution < 1.29 is 8.81 Å². The van der Waals surface area contributed by atoms with Crippen molar-refractivity contribution >= 4 is 28.3 Å². The van der Waals surface area contributed by atoms with Crippen LogP contribution in [0.25, 0.3) is 11.0 Å². The van der Waals surface area contributed by atoms with Crippen LogP contribution in [0.5, 0.6) is 0 Å². The van der Waals surface area contributed by atoms with E-state index in [1.807, 2.05) is 11.9 Å². The maximum atomic E-state index is 14.3. The summed E-state index contributed by atoms with van der Waals surface area (Å²) >= 11 is 5.67. The van der Waals surface area contributed by atoms with E-state index < -0.39 is 5.82 Å². The Hall–Kier alpha value is -1.59. The normalized spacial score (nSPS) is 16.6. The lowest BCUT2D eigenvalue weighted by atomic mass is 10.1. The first-order chi connectivity index (χ1) is 10.1. The molecule has 0 bridgehead atoms. The van der Waals surface area contributed by atoms with Crippen molar-refractivity contribution in [1.82, 2.24) is 4.90 Å². The van der Waals surface area contributed by atoms with E-state index in [2.05, 4.69) is 4.90 Å². The summed E-state index contributed by atoms with van der Waals surface area (Å²) in [5.74, 6) is -0.341. The predicted molar refractivity (Wildman–Crippen MR) is 81.7 cm³/mol. The Balaban J connectivity index is 2.06. The summed E-state index contributed by atoms with van der Waals surface area (Å²) in [5.41, 5.74) is 0.951. The quantitative estimate of drug-likeness (QED) is 0.798. The molecule has 6 heteroatoms. The van der Waals surface area contributed by atoms with Crippen LogP contribution in [0.3, 0.4) is 0 Å². The molecule has 0 saturated carbocycles. The average Bonchev–Trinajstić information content (AvgIpc) is 2.49. The second kappa shape index (κ2) is 5.66. The van der Waals surface area contributed by atoms with E-state index in [0.717, 1.165) is 26.2 Å². The third kappa shape index (κ3) is 2.63. The van der Waals surface area contributed by atoms with Gasteiger partial charge in [-0.15, -0.1) is 11.6 Å². The van der Waals surface area contributed by atoms with Crippen LogP contribution in [0.4, 0.5) is 10.1 Å². The van der Waals surface area contributed by atoms with Crippen LogP contribution in [-0.4, -0.2) is 38.1 Å². The maximum Gasteiger partial charge on any atom is 0.197 e. The number of nitrogens with zero attached hydrogens (tertiary/aromatic N) is 2. The van der Waals surface area contributed by atoms with Crippen molar-refractivity contribution in [2.45, 2.75) is 5.88 Å². The van der Waals surface area contributed by atoms with Crippen LogP contribution in [-0.2, 0) is 5.88 Å². The SMILES string of the molecule is CN1CCN(c2cc3occ(CCl)c(=O)c3cc2F)CC1. The molecule has 1 fully saturated rings. The summed E-state index contributed by atoms with van der Waals surface area (Å²) in [6.45, 7) is 3.27. The van der Waals surface area contributed by atoms with Crippen molar-refractivity contribution in [1.29, 1.82) is 0 Å². The van der Waals surface area contributed by atoms with Crippen molar-refractivity contribution in [2.24, 2.45) is 0 Å². The van der Waals surface area contributed by atoms with Crippen molar-refractivity contribution in [3.05, 3.63) is 40.0 Å². The topological polar surface area (TPSA) is 36.7 Å². The summed E-state index contributed by atoms with van der Waals surface area (Å²) in [6.07, 6.45) is 1.35. The van der Waals surface area contributed by atoms with Crippen molar-refractivity contribution in [3.63, 3.8) is 0 Å². The largest absolute Gasteiger partial charge is 0.464 e. The summed E-state index contributed by atoms with van der Waals surface area (Å²) in [7, 11) is 2.04. The molecule has 1 aromatic heterocycles. The molecule has 0 amide bonds. The number of rotatable bonds is 2. The number of benzene rings is 1. The first-order valence-electron chi connectivity index (χ1n) is 6.83. The third-order valence-corrected chi connectivity index (χ3v) is 4.19. The third-order valence-electron chi connectivity index (χ3n) is 3.90. The lowest BCUT2D eigenvalue weighted by Gasteiger charge is -2.34. The molecule has 2 aromatic rings. The molecule has 1 saturated heterocycles. The highest BCUT2D eigenvalue weighted by atomic mass is 35.5. The second-order valence-electron chi connectivity index (χ2n) is 5.31. The summed E-state index contributed by atoms with van der Waals surface area (Å²) in [6, 6.07) is 2.86. The molecule has 0 aliphatic carbocycles. The number of likely N-dealkylation sites (N-methyl/N-ethyl adjacent to an activating group) is 1. The number of halogens is 2. The second-order valence-corrected chi connectivity index (χ2v) is 5.58. The van der Waals surface area contributed by atoms with Gasteiger partial charge in [-0.05, 0) is 13.1 Å². The van der Waals surface area contributed by atoms with Crippen LogP contribution < -0.4 is 10.3 Å². The van der Waals surface area contributed by atoms with Gasteiger partial charge in [0.15, 0.2) is 5.43 Å². The Morgan fingerprint density at radius 2 is 2.00 bits per heavy atom. The van der Waals surface area contributed by atoms with Crippen LogP contribution in [0.15, 0.2) is 27.6 Å². The highest BCUT2D eigenvalue weighted by Crippen LogP contribution is 2.26. The Morgan fingerprint density at radius 3 is 2.67 bits per heavy atom. The lowest BCUT2D eigenvalue weighted by molar-refractivity contribution is 0.311. The number of anilines is 1. The van der Waals surface area contributed by atoms with Crippen molar-refractivity contribution in [2.75, 3.05) is 38.1 Å². The van der Waals surface area contributed by atoms with E-state index in [1.165, 1.54) is 12.3 Å². The molecule has 0 unspecified atom stereocenters. The molecular formula is C15H16ClFN2O2. The van der Waals surface area contributed by atoms with Crippen LogP contribution in [0.1, 0.15) is 5.56 Å². The summed E-state index contributed by atoms with van der Waals surface area (Å²) in [5, 5.41) is 0.239. The summed E-state index contributed by atoms with van der Waals surface area (Å²) < 4.78 is 19.8. The lowest BCUT2D eigenvalue weighted by Crippen LogP contribution is -2.44. The predicted octanol–water partition coefficient (Wildman–Crippen LogP) is 2.42. The van der Waals surface area contributed by atoms with E-state index in [4.69, 9.17) is 16.0 Å². The van der Waals surface area contributed by atoms with Gasteiger partial charge in [0, 0.05) is 32.2 Å². The van der Waals surface area contributed by atoms with E-state index in [9.17, 15) is 9.18 Å². The van der Waals surface area contributed by atoms with Gasteiger partial charge in [-0.25, -0.2) is 4.39 Å². The fourth-order valence-corrected chi connectivity index (χ4v) is 2.74. The van der Waals surface area contributed by atoms with Gasteiger partial charge >= 0.3 is 0 Å². The number of hydrogen-bond donors (Lipinski definition) is 0. The Bertz CT molecular complexity index is 723. The van der Waals surface area contributed by atoms with Gasteiger partial charge in [0.25, 0.3) is 0 Å². The molecule has 1 aliphatic heterocycles. The molecule has 1 aromatic carbocycles. The molecule has 0 radical (unpaired) electrons. The molecule has 1 aliphatic rings. The molecule has 3 rings (SSSR count). The highest BCUT2D eigenvalue weighted by Gasteiger charge is 2.19. The Morgan fingerprint density at radius 1 is 1.29 bits per heavy atom. The van der Waals surface area contributed by atoms with E-state index in [0.29, 0.717) is 16.8 Å². The molecular weight excluding hydrogens is 295 g/mol. The van der Waals surface area contributed by atoms with E-state index in [-0.39, 0.29) is 16.7 Å². The summed E-state index contributed by atoms with van der Waals surface area (Å²) in [4.78, 5) is 16.3. The van der Waals surface area contributed by atoms with Gasteiger partial charge < -0.3 is 14.2 Å². The average molecular weight is 311 g/mol. The maximum absolute atomic E-state index is 14.3. The smallest absolute Gasteiger partial charge is 0.197 e. The minimum absolute atomic E-state index is 0.0557. The van der Waals surface area contributed by atoms with Gasteiger partial charge in [-0.1, -0.05) is 0 Å². The minimum Gasteiger partial charge on any atom is -0.464 e. The van der Waals surface area contributed by atoms with Gasteiger partial charge in [0.1, 0.15) is 11.4 Å². The monoisotopic (exact) mass is 310 g/mol. The van der Waals surface area contributed by atoms with E-state index >= 15 is 0 Å². The number of alkyl halides is 1. The first-order valence-corrected chi connectivity index (χ1v) is 7.37. The standard InChI is InChI=1S/C15H16ClFN2O2/c1-18-2-4-19(5-3-18)13-7-14-11(6-12(13)17)15(20)10(8-16)9-21-14/h6-7,9H,2-5,8H2,1H3. The number of fused-ring (bicyclic) bond motifs is 1. The zero-order valence-electron chi connectivity index (χ0n) is 11.7. The van der Waals surface area contributed by atoms with Gasteiger partial charge in [-0.2, -0.15) is 0 Å². The van der Waals surface area contributed by atoms with Crippen LogP contribution in [0, 0.1) is 5.82 Å². The fraction of sp³-hybridized carbons (Fsp3) is 0.400. The number of hydrogen-bond acceptors (Lipinski definition) is 4. The van der Waals surface area contributed by atoms with E-state index in [1.54, 1.807) is 6.07 Å². The first kappa shape index (κ1) is 14.4. The molecule has 4 nitrogen and oxygen atoms in total. The van der Waals surface area contributed by atoms with Crippen LogP contribution >= 0.6 is 11.6 Å². The van der Waals surface area contributed by atoms with Gasteiger partial charge in [0.2, 0.25) is 0 Å². The van der Waals surface area contributed by atoms with Crippen molar-refractivity contribution in [3.8, 4) is 0 Å². The molecule has 0 atom stereocenters. The zero-order chi connectivity index (χ0) is 15.0. The zero-order valence-corrected chi connectivity index (χ0v) is 12.5. The molecule has 0 spiro atoms. The highest BCUT2D eigenvalue weighted by molar-refractivity contribution is 6.17. The van der Waals surface area contributed by atoms with Gasteiger partial charge in [0.05, 0.1) is 28.8 Å². The van der Waals surface area contributed by atoms with Crippen LogP contribution in [0.2, 0.25) is 0 Å². The minimum atomic E-state index is -0.397. The molecule has 2 heterocycles. The Labute approximate surface area is 126 Å². The molecule has 0 N–H and O–H groups in total. The number of piperazine rings is 1. The molecule has 21 heavy (non-hydrogen) atoms. The Kier molecular flexibility index (Phi) is 3.87. The van der Waals surface area contributed by atoms with Gasteiger partial charge in [-0.3, -0.25) is 4.79 Å².